The summed E-state index contributed by atoms with van der Waals surface area (Å²) >= 11 is 0. The van der Waals surface area contributed by atoms with Crippen molar-refractivity contribution >= 4 is 22.9 Å². The van der Waals surface area contributed by atoms with Crippen molar-refractivity contribution in [2.24, 2.45) is 5.10 Å². The zero-order valence-electron chi connectivity index (χ0n) is 15.4. The summed E-state index contributed by atoms with van der Waals surface area (Å²) in [6, 6.07) is 21.4. The third kappa shape index (κ3) is 4.65. The maximum absolute atomic E-state index is 11.2. The Hall–Kier alpha value is -3.85. The third-order valence-corrected chi connectivity index (χ3v) is 4.09. The van der Waals surface area contributed by atoms with Gasteiger partial charge < -0.3 is 9.47 Å². The Balaban J connectivity index is 1.71. The Morgan fingerprint density at radius 1 is 1.14 bits per heavy atom. The van der Waals surface area contributed by atoms with Gasteiger partial charge in [-0.3, -0.25) is 4.79 Å². The first-order chi connectivity index (χ1) is 13.7. The fraction of sp³-hybridized carbons (Fsp3) is 0.136. The number of ether oxygens (including phenoxy) is 2. The molecule has 3 aromatic carbocycles. The molecule has 0 unspecified atom stereocenters. The molecule has 28 heavy (non-hydrogen) atoms. The minimum Gasteiger partial charge on any atom is -0.493 e. The summed E-state index contributed by atoms with van der Waals surface area (Å²) in [5.41, 5.74) is 4.10. The lowest BCUT2D eigenvalue weighted by molar-refractivity contribution is -0.120. The standard InChI is InChI=1S/C22H19N3O3/c1-27-21-13-16(14-24-25-22(26)11-12-23)9-10-20(21)28-15-18-7-4-6-17-5-2-3-8-19(17)18/h2-10,13-14H,11,15H2,1H3,(H,25,26)/b24-14+. The molecule has 140 valence electrons. The molecule has 0 bridgehead atoms. The molecule has 0 aromatic heterocycles. The van der Waals surface area contributed by atoms with Crippen molar-refractivity contribution in [3.8, 4) is 17.6 Å². The van der Waals surface area contributed by atoms with Gasteiger partial charge in [0.25, 0.3) is 5.91 Å². The average Bonchev–Trinajstić information content (AvgIpc) is 2.72. The molecule has 6 heteroatoms. The topological polar surface area (TPSA) is 83.7 Å². The van der Waals surface area contributed by atoms with E-state index in [1.165, 1.54) is 11.6 Å². The van der Waals surface area contributed by atoms with Crippen LogP contribution in [0.4, 0.5) is 0 Å². The molecule has 0 aliphatic carbocycles. The van der Waals surface area contributed by atoms with Crippen molar-refractivity contribution in [1.29, 1.82) is 5.26 Å². The number of amides is 1. The number of fused-ring (bicyclic) bond motifs is 1. The van der Waals surface area contributed by atoms with E-state index < -0.39 is 5.91 Å². The zero-order valence-corrected chi connectivity index (χ0v) is 15.4. The van der Waals surface area contributed by atoms with Gasteiger partial charge in [-0.15, -0.1) is 0 Å². The van der Waals surface area contributed by atoms with Crippen molar-refractivity contribution in [2.75, 3.05) is 7.11 Å². The Morgan fingerprint density at radius 2 is 1.96 bits per heavy atom. The molecule has 0 atom stereocenters. The summed E-state index contributed by atoms with van der Waals surface area (Å²) in [6.07, 6.45) is 1.24. The van der Waals surface area contributed by atoms with Gasteiger partial charge in [0.2, 0.25) is 0 Å². The van der Waals surface area contributed by atoms with Gasteiger partial charge in [-0.25, -0.2) is 5.43 Å². The second-order valence-corrected chi connectivity index (χ2v) is 5.97. The van der Waals surface area contributed by atoms with E-state index in [0.29, 0.717) is 18.1 Å². The summed E-state index contributed by atoms with van der Waals surface area (Å²) in [6.45, 7) is 0.412. The number of hydrogen-bond donors (Lipinski definition) is 1. The van der Waals surface area contributed by atoms with Gasteiger partial charge in [0.15, 0.2) is 11.5 Å². The molecular weight excluding hydrogens is 354 g/mol. The van der Waals surface area contributed by atoms with Gasteiger partial charge in [-0.2, -0.15) is 10.4 Å². The van der Waals surface area contributed by atoms with Crippen LogP contribution in [-0.2, 0) is 11.4 Å². The van der Waals surface area contributed by atoms with Gasteiger partial charge >= 0.3 is 0 Å². The number of benzene rings is 3. The number of nitrogens with zero attached hydrogens (tertiary/aromatic N) is 2. The van der Waals surface area contributed by atoms with Gasteiger partial charge in [0.1, 0.15) is 13.0 Å². The van der Waals surface area contributed by atoms with Crippen molar-refractivity contribution in [1.82, 2.24) is 5.43 Å². The highest BCUT2D eigenvalue weighted by Crippen LogP contribution is 2.29. The van der Waals surface area contributed by atoms with Crippen molar-refractivity contribution in [3.63, 3.8) is 0 Å². The quantitative estimate of drug-likeness (QED) is 0.504. The molecule has 3 aromatic rings. The van der Waals surface area contributed by atoms with Crippen molar-refractivity contribution < 1.29 is 14.3 Å². The molecule has 0 radical (unpaired) electrons. The maximum Gasteiger partial charge on any atom is 0.254 e. The molecular formula is C22H19N3O3. The molecule has 0 aliphatic heterocycles. The molecule has 0 heterocycles. The van der Waals surface area contributed by atoms with Crippen LogP contribution in [0.25, 0.3) is 10.8 Å². The number of rotatable bonds is 7. The molecule has 0 spiro atoms. The Bertz CT molecular complexity index is 1050. The molecule has 0 saturated heterocycles. The van der Waals surface area contributed by atoms with Crippen LogP contribution in [0.5, 0.6) is 11.5 Å². The van der Waals surface area contributed by atoms with Crippen LogP contribution in [0.3, 0.4) is 0 Å². The van der Waals surface area contributed by atoms with E-state index in [1.54, 1.807) is 31.4 Å². The van der Waals surface area contributed by atoms with E-state index >= 15 is 0 Å². The van der Waals surface area contributed by atoms with E-state index in [1.807, 2.05) is 24.3 Å². The molecule has 0 fully saturated rings. The third-order valence-electron chi connectivity index (χ3n) is 4.09. The average molecular weight is 373 g/mol. The summed E-state index contributed by atoms with van der Waals surface area (Å²) in [5, 5.41) is 14.6. The SMILES string of the molecule is COc1cc(/C=N/NC(=O)CC#N)ccc1OCc1cccc2ccccc12. The van der Waals surface area contributed by atoms with Crippen LogP contribution >= 0.6 is 0 Å². The molecule has 6 nitrogen and oxygen atoms in total. The van der Waals surface area contributed by atoms with Crippen LogP contribution in [0.1, 0.15) is 17.5 Å². The summed E-state index contributed by atoms with van der Waals surface area (Å²) in [4.78, 5) is 11.2. The molecule has 3 rings (SSSR count). The first kappa shape index (κ1) is 18.9. The van der Waals surface area contributed by atoms with Crippen molar-refractivity contribution in [2.45, 2.75) is 13.0 Å². The van der Waals surface area contributed by atoms with E-state index in [2.05, 4.69) is 28.7 Å². The number of hydrazone groups is 1. The van der Waals surface area contributed by atoms with Gasteiger partial charge in [-0.05, 0) is 40.1 Å². The predicted octanol–water partition coefficient (Wildman–Crippen LogP) is 3.79. The van der Waals surface area contributed by atoms with Crippen LogP contribution in [0, 0.1) is 11.3 Å². The Morgan fingerprint density at radius 3 is 2.79 bits per heavy atom. The molecule has 1 amide bonds. The largest absolute Gasteiger partial charge is 0.493 e. The number of methoxy groups -OCH3 is 1. The first-order valence-corrected chi connectivity index (χ1v) is 8.67. The predicted molar refractivity (Wildman–Crippen MR) is 107 cm³/mol. The Kier molecular flexibility index (Phi) is 6.21. The van der Waals surface area contributed by atoms with E-state index in [9.17, 15) is 4.79 Å². The van der Waals surface area contributed by atoms with E-state index in [0.717, 1.165) is 16.5 Å². The number of hydrogen-bond acceptors (Lipinski definition) is 5. The van der Waals surface area contributed by atoms with E-state index in [4.69, 9.17) is 14.7 Å². The van der Waals surface area contributed by atoms with Gasteiger partial charge in [0, 0.05) is 0 Å². The van der Waals surface area contributed by atoms with Crippen LogP contribution in [-0.4, -0.2) is 19.2 Å². The van der Waals surface area contributed by atoms with Crippen LogP contribution in [0.2, 0.25) is 0 Å². The van der Waals surface area contributed by atoms with Crippen molar-refractivity contribution in [3.05, 3.63) is 71.8 Å². The summed E-state index contributed by atoms with van der Waals surface area (Å²) in [7, 11) is 1.57. The van der Waals surface area contributed by atoms with Crippen LogP contribution in [0.15, 0.2) is 65.8 Å². The lowest BCUT2D eigenvalue weighted by atomic mass is 10.1. The molecule has 1 N–H and O–H groups in total. The van der Waals surface area contributed by atoms with Gasteiger partial charge in [0.05, 0.1) is 19.4 Å². The Labute approximate surface area is 163 Å². The van der Waals surface area contributed by atoms with Gasteiger partial charge in [-0.1, -0.05) is 42.5 Å². The fourth-order valence-electron chi connectivity index (χ4n) is 2.75. The highest BCUT2D eigenvalue weighted by Gasteiger charge is 2.07. The molecule has 0 aliphatic rings. The fourth-order valence-corrected chi connectivity index (χ4v) is 2.75. The number of nitriles is 1. The van der Waals surface area contributed by atoms with E-state index in [-0.39, 0.29) is 6.42 Å². The minimum atomic E-state index is -0.458. The first-order valence-electron chi connectivity index (χ1n) is 8.67. The zero-order chi connectivity index (χ0) is 19.8. The lowest BCUT2D eigenvalue weighted by Gasteiger charge is -2.12. The highest BCUT2D eigenvalue weighted by atomic mass is 16.5. The second-order valence-electron chi connectivity index (χ2n) is 5.97. The molecule has 0 saturated carbocycles. The second kappa shape index (κ2) is 9.19. The summed E-state index contributed by atoms with van der Waals surface area (Å²) < 4.78 is 11.4. The number of nitrogens with one attached hydrogen (secondary N) is 1. The maximum atomic E-state index is 11.2. The summed E-state index contributed by atoms with van der Waals surface area (Å²) in [5.74, 6) is 0.717. The normalized spacial score (nSPS) is 10.6. The monoisotopic (exact) mass is 373 g/mol. The number of carbonyl (C=O) groups excluding carboxylic acids is 1. The minimum absolute atomic E-state index is 0.235. The lowest BCUT2D eigenvalue weighted by Crippen LogP contribution is -2.16. The smallest absolute Gasteiger partial charge is 0.254 e. The number of carbonyl (C=O) groups is 1. The van der Waals surface area contributed by atoms with Crippen LogP contribution < -0.4 is 14.9 Å². The highest BCUT2D eigenvalue weighted by molar-refractivity contribution is 5.86.